The van der Waals surface area contributed by atoms with Crippen LogP contribution in [0.3, 0.4) is 0 Å². The largest absolute Gasteiger partial charge is 0.397 e. The summed E-state index contributed by atoms with van der Waals surface area (Å²) >= 11 is 0. The number of aliphatic hydroxyl groups excluding tert-OH is 10. The zero-order valence-corrected chi connectivity index (χ0v) is 77.2. The number of aliphatic hydroxyl groups is 10. The molecular weight excluding hydrogens is 1680 g/mol. The molecule has 0 spiro atoms. The van der Waals surface area contributed by atoms with Crippen LogP contribution in [0.25, 0.3) is 55.8 Å². The standard InChI is InChI=1S/C17H28N5O3P.C16H26N5O3P.2C16H25N4O3P.C15H24N5O3P/c1-5-7-18-15-12-16(20-9-19-15)22(10-21-12)17-14(24)13(23)11(25-17)6-8-26(2,3)4;1-5-17-14-11-15(19-8-18-14)21(9-20-11)16-13(23)12(22)10(24-16)6-7-25(2,3)4;1-17-10-5-7-18-15-12(10)19-9-20(15)16-14(22)13(21)11(23-16)6-8-24(2,3)4;1-9-7-10(17)12-15(19-9)20(8-18-12)16-14(22)13(21)11(23-16)5-6-24(2,3)4;1-24(2,3)7-5-9-11(21)12(22)14(23-9)20-13-10(19-15(20)17)8(16)4-6-18-13/h9-11,13-14,17,23-24H,2,5-8H2,1,3-4H3,(H,18,19,20);8-10,12-13,16,22-23H,2,5-7H2,1,3-4H3,(H,17,18,19);5,7,9,11,13-14,16,21-22H,2,6,8H2,1,3-4H3,(H,17,18);7-8,11,13-14,16,21-22H,2,5-6H2,1,3-4H3,(H2,17,19);4,6,9,11-12,14,21-22H,1,5,7H2,2-3H3,(H2,16,18)(H2,17,19)/t11-,13-,14-,17?;10-,12-,13-,16?;2*11-,13-,14-,16?;9-,11-,12-,14?/m11111/s1. The number of ether oxygens (including phenoxy) is 5. The molecule has 19 N–H and O–H groups in total. The van der Waals surface area contributed by atoms with E-state index in [2.05, 4.69) is 181 Å². The van der Waals surface area contributed by atoms with Crippen LogP contribution >= 0.6 is 34.4 Å². The Morgan fingerprint density at radius 1 is 0.390 bits per heavy atom. The van der Waals surface area contributed by atoms with Gasteiger partial charge in [0.15, 0.2) is 82.0 Å². The molecule has 5 saturated heterocycles. The number of nitrogens with two attached hydrogens (primary N) is 3. The van der Waals surface area contributed by atoms with E-state index in [4.69, 9.17) is 40.9 Å². The summed E-state index contributed by atoms with van der Waals surface area (Å²) in [6.45, 7) is 22.7. The van der Waals surface area contributed by atoms with Crippen molar-refractivity contribution in [3.8, 4) is 0 Å². The van der Waals surface area contributed by atoms with Crippen molar-refractivity contribution in [2.45, 2.75) is 182 Å². The molecule has 15 rings (SSSR count). The van der Waals surface area contributed by atoms with Crippen molar-refractivity contribution in [1.29, 1.82) is 0 Å². The van der Waals surface area contributed by atoms with Gasteiger partial charge in [0.25, 0.3) is 0 Å². The normalized spacial score (nSPS) is 27.4. The van der Waals surface area contributed by atoms with E-state index in [-0.39, 0.29) is 5.95 Å². The molecule has 5 unspecified atom stereocenters. The van der Waals surface area contributed by atoms with Crippen molar-refractivity contribution in [3.63, 3.8) is 0 Å². The molecular formula is C80H128N23O15P5. The first-order chi connectivity index (χ1) is 57.8. The van der Waals surface area contributed by atoms with Gasteiger partial charge in [-0.05, 0) is 168 Å². The minimum atomic E-state index is -1.24. The van der Waals surface area contributed by atoms with Crippen LogP contribution in [0.5, 0.6) is 0 Å². The van der Waals surface area contributed by atoms with Gasteiger partial charge in [0, 0.05) is 38.2 Å². The Labute approximate surface area is 717 Å². The van der Waals surface area contributed by atoms with Crippen LogP contribution in [0.2, 0.25) is 0 Å². The summed E-state index contributed by atoms with van der Waals surface area (Å²) in [5.41, 5.74) is 26.1. The molecule has 0 aromatic carbocycles. The van der Waals surface area contributed by atoms with Gasteiger partial charge in [0.2, 0.25) is 5.95 Å². The third-order valence-electron chi connectivity index (χ3n) is 21.8. The first kappa shape index (κ1) is 96.3. The molecule has 0 radical (unpaired) electrons. The lowest BCUT2D eigenvalue weighted by atomic mass is 10.1. The molecule has 678 valence electrons. The molecule has 0 amide bonds. The maximum atomic E-state index is 10.5. The minimum Gasteiger partial charge on any atom is -0.397 e. The monoisotopic (exact) mass is 1810 g/mol. The van der Waals surface area contributed by atoms with Crippen LogP contribution in [0, 0.1) is 6.92 Å². The van der Waals surface area contributed by atoms with Gasteiger partial charge in [0.1, 0.15) is 90.2 Å². The number of nitrogen functional groups attached to an aromatic ring is 3. The predicted molar refractivity (Wildman–Crippen MR) is 500 cm³/mol. The lowest BCUT2D eigenvalue weighted by Crippen LogP contribution is -2.32. The maximum Gasteiger partial charge on any atom is 0.204 e. The molecule has 0 aliphatic carbocycles. The van der Waals surface area contributed by atoms with Crippen LogP contribution in [0.15, 0.2) is 68.6 Å². The number of hydrogen-bond donors (Lipinski definition) is 16. The van der Waals surface area contributed by atoms with Crippen LogP contribution in [0.4, 0.5) is 34.6 Å². The Balaban J connectivity index is 0.000000150. The molecule has 10 aromatic heterocycles. The average Bonchev–Trinajstić information content (AvgIpc) is 1.66. The van der Waals surface area contributed by atoms with Crippen molar-refractivity contribution < 1.29 is 74.7 Å². The molecule has 20 atom stereocenters. The number of nitrogens with zero attached hydrogens (tertiary/aromatic N) is 17. The van der Waals surface area contributed by atoms with Crippen molar-refractivity contribution >= 4 is 156 Å². The van der Waals surface area contributed by atoms with E-state index >= 15 is 0 Å². The number of aromatic nitrogens is 17. The first-order valence-corrected chi connectivity index (χ1v) is 56.3. The van der Waals surface area contributed by atoms with Gasteiger partial charge in [-0.3, -0.25) is 22.8 Å². The number of imidazole rings is 5. The third kappa shape index (κ3) is 23.0. The van der Waals surface area contributed by atoms with Gasteiger partial charge in [-0.1, -0.05) is 6.92 Å². The van der Waals surface area contributed by atoms with E-state index in [0.29, 0.717) is 117 Å². The summed E-state index contributed by atoms with van der Waals surface area (Å²) in [5, 5.41) is 114. The fraction of sp³-hybridized carbons (Fsp3) is 0.588. The second-order valence-corrected chi connectivity index (χ2v) is 57.1. The molecule has 10 aromatic rings. The number of fused-ring (bicyclic) bond motifs is 5. The lowest BCUT2D eigenvalue weighted by molar-refractivity contribution is -0.0353. The van der Waals surface area contributed by atoms with Crippen molar-refractivity contribution in [3.05, 3.63) is 74.3 Å². The highest BCUT2D eigenvalue weighted by Crippen LogP contribution is 2.47. The summed E-state index contributed by atoms with van der Waals surface area (Å²) in [6, 6.07) is 5.22. The van der Waals surface area contributed by atoms with Gasteiger partial charge >= 0.3 is 0 Å². The first-order valence-electron chi connectivity index (χ1n) is 41.1. The fourth-order valence-corrected chi connectivity index (χ4v) is 19.8. The molecule has 43 heteroatoms. The number of aryl methyl sites for hydroxylation is 1. The highest BCUT2D eigenvalue weighted by atomic mass is 31.2. The molecule has 5 aliphatic rings. The third-order valence-corrected chi connectivity index (χ3v) is 29.1. The highest BCUT2D eigenvalue weighted by molar-refractivity contribution is 7.73. The summed E-state index contributed by atoms with van der Waals surface area (Å²) in [5.74, 6) is 1.43. The highest BCUT2D eigenvalue weighted by Gasteiger charge is 2.49. The Morgan fingerprint density at radius 2 is 0.732 bits per heavy atom. The quantitative estimate of drug-likeness (QED) is 0.0321. The van der Waals surface area contributed by atoms with Gasteiger partial charge in [-0.15, -0.1) is 65.9 Å². The number of rotatable bonds is 26. The average molecular weight is 1810 g/mol. The van der Waals surface area contributed by atoms with Gasteiger partial charge < -0.3 is 108 Å². The van der Waals surface area contributed by atoms with E-state index in [1.807, 2.05) is 27.0 Å². The number of nitrogens with one attached hydrogen (secondary N) is 3. The van der Waals surface area contributed by atoms with Gasteiger partial charge in [-0.25, -0.2) is 59.8 Å². The van der Waals surface area contributed by atoms with E-state index in [9.17, 15) is 51.1 Å². The van der Waals surface area contributed by atoms with Crippen LogP contribution < -0.4 is 33.2 Å². The summed E-state index contributed by atoms with van der Waals surface area (Å²) in [7, 11) is 1.82. The minimum absolute atomic E-state index is 0.136. The van der Waals surface area contributed by atoms with E-state index in [1.165, 1.54) is 17.2 Å². The van der Waals surface area contributed by atoms with E-state index in [0.717, 1.165) is 55.2 Å². The molecule has 5 fully saturated rings. The molecule has 0 bridgehead atoms. The smallest absolute Gasteiger partial charge is 0.204 e. The molecule has 0 saturated carbocycles. The lowest BCUT2D eigenvalue weighted by Gasteiger charge is -2.19. The zero-order chi connectivity index (χ0) is 89.9. The summed E-state index contributed by atoms with van der Waals surface area (Å²) in [4.78, 5) is 51.6. The number of pyridine rings is 3. The number of anilines is 6. The van der Waals surface area contributed by atoms with Crippen LogP contribution in [0.1, 0.15) is 89.2 Å². The Kier molecular flexibility index (Phi) is 31.2. The van der Waals surface area contributed by atoms with Crippen LogP contribution in [-0.2, 0) is 23.7 Å². The predicted octanol–water partition coefficient (Wildman–Crippen LogP) is 4.89. The molecule has 123 heavy (non-hydrogen) atoms. The maximum absolute atomic E-state index is 10.5. The van der Waals surface area contributed by atoms with Crippen LogP contribution in [-0.4, -0.2) is 374 Å². The topological polar surface area (TPSA) is 542 Å². The molecule has 5 aliphatic heterocycles. The number of hydrogen-bond acceptors (Lipinski definition) is 33. The van der Waals surface area contributed by atoms with Gasteiger partial charge in [-0.2, -0.15) is 0 Å². The molecule has 38 nitrogen and oxygen atoms in total. The zero-order valence-electron chi connectivity index (χ0n) is 72.7. The van der Waals surface area contributed by atoms with E-state index < -0.39 is 157 Å². The van der Waals surface area contributed by atoms with Crippen molar-refractivity contribution in [2.24, 2.45) is 0 Å². The second-order valence-electron chi connectivity index (χ2n) is 35.5. The summed E-state index contributed by atoms with van der Waals surface area (Å²) < 4.78 is 37.9. The van der Waals surface area contributed by atoms with Crippen molar-refractivity contribution in [2.75, 3.05) is 151 Å². The SMILES string of the molecule is C=P(C)(C)CC[C@H]1OC(n2c(N)nc3c(N)ccnc32)[C@H](O)[C@@H]1O.C=P(C)(C)CC[C@H]1OC(n2cnc3c(N)cc(C)nc32)[C@H](O)[C@@H]1O.C=P(C)(C)CC[C@H]1OC(n2cnc3c(NC)ccnc32)[C@H](O)[C@@H]1O.C=P(C)(C)CC[C@H]1OC(n2cnc3c(NCC)ncnc32)[C@H](O)[C@@H]1O.C=P(C)(C)CC[C@H]1OC(n2cnc3c(NCCC)ncnc32)[C@H](O)[C@@H]1O. The Bertz CT molecular complexity index is 5510. The van der Waals surface area contributed by atoms with E-state index in [1.54, 1.807) is 68.1 Å². The Hall–Kier alpha value is -7.34. The molecule has 15 heterocycles. The second kappa shape index (κ2) is 39.9. The Morgan fingerprint density at radius 3 is 1.11 bits per heavy atom. The fourth-order valence-electron chi connectivity index (χ4n) is 15.0. The summed E-state index contributed by atoms with van der Waals surface area (Å²) in [6.07, 6.45) is 26.2. The van der Waals surface area contributed by atoms with Gasteiger partial charge in [0.05, 0.1) is 72.9 Å². The van der Waals surface area contributed by atoms with Crippen molar-refractivity contribution in [1.82, 2.24) is 82.6 Å².